The number of hydrogen-bond acceptors (Lipinski definition) is 3. The van der Waals surface area contributed by atoms with Crippen LogP contribution in [0.25, 0.3) is 0 Å². The predicted molar refractivity (Wildman–Crippen MR) is 62.9 cm³/mol. The zero-order valence-corrected chi connectivity index (χ0v) is 10.8. The van der Waals surface area contributed by atoms with Crippen LogP contribution in [0, 0.1) is 0 Å². The smallest absolute Gasteiger partial charge is 0.323 e. The third-order valence-electron chi connectivity index (χ3n) is 2.70. The first-order chi connectivity index (χ1) is 8.19. The van der Waals surface area contributed by atoms with Crippen LogP contribution in [-0.2, 0) is 7.05 Å². The lowest BCUT2D eigenvalue weighted by Gasteiger charge is -2.29. The molecule has 1 aromatic heterocycles. The molecule has 0 radical (unpaired) electrons. The largest absolute Gasteiger partial charge is 0.401 e. The Bertz CT molecular complexity index is 373. The second-order valence-electron chi connectivity index (χ2n) is 4.69. The van der Waals surface area contributed by atoms with Crippen molar-refractivity contribution in [1.29, 1.82) is 0 Å². The van der Waals surface area contributed by atoms with E-state index in [1.807, 2.05) is 0 Å². The first-order valence-electron chi connectivity index (χ1n) is 5.74. The van der Waals surface area contributed by atoms with Crippen molar-refractivity contribution in [2.24, 2.45) is 12.8 Å². The summed E-state index contributed by atoms with van der Waals surface area (Å²) in [5.74, 6) is 0. The molecule has 0 aromatic carbocycles. The van der Waals surface area contributed by atoms with Gasteiger partial charge in [0.25, 0.3) is 0 Å². The number of nitrogens with two attached hydrogens (primary N) is 1. The molecule has 0 aliphatic heterocycles. The number of alkyl halides is 3. The summed E-state index contributed by atoms with van der Waals surface area (Å²) in [5, 5.41) is 3.96. The van der Waals surface area contributed by atoms with Crippen molar-refractivity contribution in [3.05, 3.63) is 18.0 Å². The fraction of sp³-hybridized carbons (Fsp3) is 0.727. The number of hydrogen-bond donors (Lipinski definition) is 1. The van der Waals surface area contributed by atoms with E-state index >= 15 is 0 Å². The predicted octanol–water partition coefficient (Wildman–Crippen LogP) is 1.69. The second kappa shape index (κ2) is 5.71. The fourth-order valence-electron chi connectivity index (χ4n) is 1.68. The first-order valence-corrected chi connectivity index (χ1v) is 5.74. The van der Waals surface area contributed by atoms with E-state index < -0.39 is 18.8 Å². The van der Waals surface area contributed by atoms with E-state index in [2.05, 4.69) is 5.10 Å². The Morgan fingerprint density at radius 1 is 1.44 bits per heavy atom. The third kappa shape index (κ3) is 4.66. The summed E-state index contributed by atoms with van der Waals surface area (Å²) in [5.41, 5.74) is 6.64. The van der Waals surface area contributed by atoms with Crippen molar-refractivity contribution < 1.29 is 13.2 Å². The lowest BCUT2D eigenvalue weighted by molar-refractivity contribution is -0.150. The molecule has 7 heteroatoms. The summed E-state index contributed by atoms with van der Waals surface area (Å²) in [6.07, 6.45) is -0.910. The molecule has 104 valence electrons. The summed E-state index contributed by atoms with van der Waals surface area (Å²) < 4.78 is 38.9. The average molecular weight is 264 g/mol. The molecule has 0 aliphatic rings. The molecule has 1 atom stereocenters. The summed E-state index contributed by atoms with van der Waals surface area (Å²) >= 11 is 0. The highest BCUT2D eigenvalue weighted by atomic mass is 19.4. The molecule has 18 heavy (non-hydrogen) atoms. The van der Waals surface area contributed by atoms with E-state index in [0.29, 0.717) is 0 Å². The Labute approximate surface area is 105 Å². The lowest BCUT2D eigenvalue weighted by Crippen LogP contribution is -2.42. The number of nitrogens with zero attached hydrogens (tertiary/aromatic N) is 3. The van der Waals surface area contributed by atoms with E-state index in [4.69, 9.17) is 5.73 Å². The molecule has 0 fully saturated rings. The Morgan fingerprint density at radius 2 is 2.06 bits per heavy atom. The van der Waals surface area contributed by atoms with Gasteiger partial charge in [0.15, 0.2) is 0 Å². The van der Waals surface area contributed by atoms with Crippen LogP contribution < -0.4 is 5.73 Å². The van der Waals surface area contributed by atoms with E-state index in [0.717, 1.165) is 5.56 Å². The molecule has 0 saturated heterocycles. The van der Waals surface area contributed by atoms with Crippen molar-refractivity contribution in [3.63, 3.8) is 0 Å². The Balaban J connectivity index is 2.66. The molecule has 4 nitrogen and oxygen atoms in total. The van der Waals surface area contributed by atoms with E-state index in [9.17, 15) is 13.2 Å². The van der Waals surface area contributed by atoms with Gasteiger partial charge in [-0.05, 0) is 13.8 Å². The Hall–Kier alpha value is -1.08. The van der Waals surface area contributed by atoms with Gasteiger partial charge in [-0.1, -0.05) is 0 Å². The van der Waals surface area contributed by atoms with Crippen molar-refractivity contribution in [2.45, 2.75) is 32.1 Å². The van der Waals surface area contributed by atoms with E-state index in [1.54, 1.807) is 38.0 Å². The van der Waals surface area contributed by atoms with Crippen LogP contribution in [-0.4, -0.2) is 40.0 Å². The normalized spacial score (nSPS) is 14.5. The van der Waals surface area contributed by atoms with Gasteiger partial charge in [0.05, 0.1) is 12.7 Å². The lowest BCUT2D eigenvalue weighted by atomic mass is 10.1. The van der Waals surface area contributed by atoms with Crippen molar-refractivity contribution in [2.75, 3.05) is 13.1 Å². The molecule has 1 unspecified atom stereocenters. The van der Waals surface area contributed by atoms with Gasteiger partial charge in [0.2, 0.25) is 0 Å². The van der Waals surface area contributed by atoms with Gasteiger partial charge in [-0.2, -0.15) is 18.3 Å². The summed E-state index contributed by atoms with van der Waals surface area (Å²) in [6, 6.07) is -0.683. The zero-order chi connectivity index (χ0) is 13.9. The monoisotopic (exact) mass is 264 g/mol. The summed E-state index contributed by atoms with van der Waals surface area (Å²) in [6.45, 7) is 2.66. The number of halogens is 3. The van der Waals surface area contributed by atoms with Gasteiger partial charge in [0.1, 0.15) is 0 Å². The quantitative estimate of drug-likeness (QED) is 0.880. The molecular formula is C11H19F3N4. The van der Waals surface area contributed by atoms with Crippen molar-refractivity contribution in [1.82, 2.24) is 14.7 Å². The maximum atomic E-state index is 12.4. The topological polar surface area (TPSA) is 47.1 Å². The minimum atomic E-state index is -4.21. The zero-order valence-electron chi connectivity index (χ0n) is 10.8. The van der Waals surface area contributed by atoms with E-state index in [-0.39, 0.29) is 12.6 Å². The summed E-state index contributed by atoms with van der Waals surface area (Å²) in [4.78, 5) is 1.32. The molecule has 1 aromatic rings. The number of aromatic nitrogens is 2. The van der Waals surface area contributed by atoms with Crippen LogP contribution in [0.3, 0.4) is 0 Å². The van der Waals surface area contributed by atoms with Crippen LogP contribution in [0.5, 0.6) is 0 Å². The van der Waals surface area contributed by atoms with Crippen LogP contribution in [0.4, 0.5) is 13.2 Å². The molecule has 0 aliphatic carbocycles. The second-order valence-corrected chi connectivity index (χ2v) is 4.69. The molecule has 1 heterocycles. The molecular weight excluding hydrogens is 245 g/mol. The van der Waals surface area contributed by atoms with Gasteiger partial charge in [0, 0.05) is 37.4 Å². The molecule has 0 amide bonds. The number of aryl methyl sites for hydroxylation is 1. The highest BCUT2D eigenvalue weighted by Gasteiger charge is 2.32. The maximum absolute atomic E-state index is 12.4. The summed E-state index contributed by atoms with van der Waals surface area (Å²) in [7, 11) is 1.74. The third-order valence-corrected chi connectivity index (χ3v) is 2.70. The maximum Gasteiger partial charge on any atom is 0.401 e. The van der Waals surface area contributed by atoms with Gasteiger partial charge in [-0.3, -0.25) is 9.58 Å². The first kappa shape index (κ1) is 15.0. The van der Waals surface area contributed by atoms with Gasteiger partial charge >= 0.3 is 6.18 Å². The molecule has 0 bridgehead atoms. The standard InChI is InChI=1S/C11H19F3N4/c1-8(2)18(7-11(12,13)14)6-10(15)9-4-16-17(3)5-9/h4-5,8,10H,6-7,15H2,1-3H3. The SMILES string of the molecule is CC(C)N(CC(N)c1cnn(C)c1)CC(F)(F)F. The molecule has 2 N–H and O–H groups in total. The molecule has 0 saturated carbocycles. The van der Waals surface area contributed by atoms with E-state index in [1.165, 1.54) is 4.90 Å². The number of rotatable bonds is 5. The van der Waals surface area contributed by atoms with Crippen LogP contribution in [0.2, 0.25) is 0 Å². The van der Waals surface area contributed by atoms with Crippen molar-refractivity contribution in [3.8, 4) is 0 Å². The highest BCUT2D eigenvalue weighted by Crippen LogP contribution is 2.20. The average Bonchev–Trinajstić information content (AvgIpc) is 2.61. The fourth-order valence-corrected chi connectivity index (χ4v) is 1.68. The molecule has 1 rings (SSSR count). The van der Waals surface area contributed by atoms with Crippen LogP contribution >= 0.6 is 0 Å². The minimum absolute atomic E-state index is 0.156. The van der Waals surface area contributed by atoms with Crippen LogP contribution in [0.1, 0.15) is 25.5 Å². The molecule has 0 spiro atoms. The minimum Gasteiger partial charge on any atom is -0.323 e. The van der Waals surface area contributed by atoms with Gasteiger partial charge in [-0.15, -0.1) is 0 Å². The van der Waals surface area contributed by atoms with Gasteiger partial charge in [-0.25, -0.2) is 0 Å². The van der Waals surface area contributed by atoms with Crippen molar-refractivity contribution >= 4 is 0 Å². The Kier molecular flexibility index (Phi) is 4.75. The Morgan fingerprint density at radius 3 is 2.44 bits per heavy atom. The van der Waals surface area contributed by atoms with Gasteiger partial charge < -0.3 is 5.73 Å². The highest BCUT2D eigenvalue weighted by molar-refractivity contribution is 5.10. The van der Waals surface area contributed by atoms with Crippen LogP contribution in [0.15, 0.2) is 12.4 Å².